The number of likely N-dealkylation sites (N-methyl/N-ethyl adjacent to an activating group) is 1. The van der Waals surface area contributed by atoms with Gasteiger partial charge in [-0.05, 0) is 155 Å². The molecule has 0 bridgehead atoms. The van der Waals surface area contributed by atoms with Crippen molar-refractivity contribution in [3.05, 3.63) is 0 Å². The smallest absolute Gasteiger partial charge is 0.242 e. The van der Waals surface area contributed by atoms with E-state index in [9.17, 15) is 19.2 Å². The van der Waals surface area contributed by atoms with E-state index in [0.29, 0.717) is 25.3 Å². The number of amides is 4. The van der Waals surface area contributed by atoms with Crippen molar-refractivity contribution in [1.29, 1.82) is 0 Å². The Hall–Kier alpha value is -2.28. The molecule has 0 spiro atoms. The molecular formula is C50H100N8O4. The maximum atomic E-state index is 11.9. The topological polar surface area (TPSA) is 140 Å². The molecule has 0 radical (unpaired) electrons. The Balaban J connectivity index is 0.000000414. The number of hydrogen-bond donors (Lipinski definition) is 2. The number of carbonyl (C=O) groups is 4. The normalized spacial score (nSPS) is 19.1. The fraction of sp³-hybridized carbons (Fsp3) is 0.920. The Morgan fingerprint density at radius 2 is 0.774 bits per heavy atom. The second kappa shape index (κ2) is 27.9. The summed E-state index contributed by atoms with van der Waals surface area (Å²) in [5, 5.41) is 0. The van der Waals surface area contributed by atoms with E-state index in [1.165, 1.54) is 25.7 Å². The van der Waals surface area contributed by atoms with Crippen molar-refractivity contribution in [3.8, 4) is 0 Å². The number of nitrogens with zero attached hydrogens (tertiary/aromatic N) is 6. The first-order valence-corrected chi connectivity index (χ1v) is 24.6. The van der Waals surface area contributed by atoms with Crippen LogP contribution in [-0.2, 0) is 19.2 Å². The highest BCUT2D eigenvalue weighted by atomic mass is 16.2. The zero-order chi connectivity index (χ0) is 47.5. The molecule has 4 heterocycles. The van der Waals surface area contributed by atoms with Crippen LogP contribution < -0.4 is 11.5 Å². The lowest BCUT2D eigenvalue weighted by atomic mass is 9.86. The molecule has 4 aliphatic heterocycles. The Morgan fingerprint density at radius 1 is 0.484 bits per heavy atom. The van der Waals surface area contributed by atoms with E-state index < -0.39 is 5.54 Å². The maximum absolute atomic E-state index is 11.9. The number of carbonyl (C=O) groups excluding carboxylic acids is 4. The highest BCUT2D eigenvalue weighted by molar-refractivity contribution is 5.85. The molecule has 12 heteroatoms. The minimum absolute atomic E-state index is 0.0877. The third-order valence-electron chi connectivity index (χ3n) is 13.7. The minimum atomic E-state index is -0.718. The molecule has 0 unspecified atom stereocenters. The monoisotopic (exact) mass is 877 g/mol. The van der Waals surface area contributed by atoms with E-state index in [1.807, 2.05) is 66.5 Å². The molecule has 4 amide bonds. The molecular weight excluding hydrogens is 777 g/mol. The van der Waals surface area contributed by atoms with Gasteiger partial charge < -0.3 is 40.9 Å². The molecule has 4 saturated heterocycles. The van der Waals surface area contributed by atoms with Crippen LogP contribution in [0.5, 0.6) is 0 Å². The SMILES string of the molecule is CC(C)C1CCN(C(=O)C(C)(C)N)CC1.CC(C)C1CCN(C(=O)CC(C)(C)N)CC1.CC(C)C1CCN(C(=O)CCN(C)C)CC1.CC(C)C1CCN(C(=O)CN(C)C)CC1. The quantitative estimate of drug-likeness (QED) is 0.216. The third-order valence-corrected chi connectivity index (χ3v) is 13.7. The zero-order valence-corrected chi connectivity index (χ0v) is 43.2. The summed E-state index contributed by atoms with van der Waals surface area (Å²) < 4.78 is 0. The third kappa shape index (κ3) is 23.1. The Labute approximate surface area is 382 Å². The summed E-state index contributed by atoms with van der Waals surface area (Å²) in [7, 11) is 7.91. The standard InChI is InChI=1S/2C13H26N2O.2C12H24N2O/c1-11(2)12-5-9-15(10-6-12)13(16)7-8-14(3)4;1-10(2)11-5-7-15(8-6-11)12(16)9-13(3,4)14;1-10(2)11-5-7-14(8-6-11)12(15)9-13(3)4;1-9(2)10-5-7-14(8-6-10)11(15)12(3,4)13/h11-12H,5-10H2,1-4H3;10-11H,5-9,14H2,1-4H3;10-11H,5-9H2,1-4H3;9-10H,5-8,13H2,1-4H3. The van der Waals surface area contributed by atoms with E-state index in [-0.39, 0.29) is 23.3 Å². The van der Waals surface area contributed by atoms with Crippen molar-refractivity contribution in [2.24, 2.45) is 58.8 Å². The van der Waals surface area contributed by atoms with Crippen LogP contribution in [0.15, 0.2) is 0 Å². The van der Waals surface area contributed by atoms with Crippen LogP contribution in [0.4, 0.5) is 0 Å². The predicted octanol–water partition coefficient (Wildman–Crippen LogP) is 6.90. The van der Waals surface area contributed by atoms with Gasteiger partial charge in [-0.1, -0.05) is 55.4 Å². The van der Waals surface area contributed by atoms with Crippen LogP contribution in [0.3, 0.4) is 0 Å². The fourth-order valence-electron chi connectivity index (χ4n) is 8.97. The van der Waals surface area contributed by atoms with E-state index in [1.54, 1.807) is 13.8 Å². The summed E-state index contributed by atoms with van der Waals surface area (Å²) in [6.07, 6.45) is 10.4. The minimum Gasteiger partial charge on any atom is -0.343 e. The number of piperidine rings is 4. The van der Waals surface area contributed by atoms with E-state index >= 15 is 0 Å². The van der Waals surface area contributed by atoms with Gasteiger partial charge in [0.2, 0.25) is 23.6 Å². The lowest BCUT2D eigenvalue weighted by molar-refractivity contribution is -0.137. The van der Waals surface area contributed by atoms with Gasteiger partial charge in [0.05, 0.1) is 12.1 Å². The Morgan fingerprint density at radius 3 is 1.03 bits per heavy atom. The average molecular weight is 877 g/mol. The van der Waals surface area contributed by atoms with Gasteiger partial charge in [0.1, 0.15) is 0 Å². The van der Waals surface area contributed by atoms with Gasteiger partial charge in [0, 0.05) is 77.3 Å². The summed E-state index contributed by atoms with van der Waals surface area (Å²) in [6.45, 7) is 34.4. The number of hydrogen-bond acceptors (Lipinski definition) is 8. The van der Waals surface area contributed by atoms with Crippen molar-refractivity contribution in [1.82, 2.24) is 29.4 Å². The number of nitrogens with two attached hydrogens (primary N) is 2. The lowest BCUT2D eigenvalue weighted by Gasteiger charge is -2.36. The highest BCUT2D eigenvalue weighted by Gasteiger charge is 2.32. The molecule has 0 aromatic rings. The molecule has 4 fully saturated rings. The van der Waals surface area contributed by atoms with Crippen LogP contribution in [-0.4, -0.2) is 158 Å². The first kappa shape index (κ1) is 57.7. The first-order valence-electron chi connectivity index (χ1n) is 24.6. The van der Waals surface area contributed by atoms with Gasteiger partial charge in [-0.3, -0.25) is 19.2 Å². The van der Waals surface area contributed by atoms with Crippen molar-refractivity contribution in [2.75, 3.05) is 93.6 Å². The molecule has 12 nitrogen and oxygen atoms in total. The summed E-state index contributed by atoms with van der Waals surface area (Å²) in [6, 6.07) is 0. The van der Waals surface area contributed by atoms with Gasteiger partial charge in [-0.15, -0.1) is 0 Å². The number of rotatable bonds is 12. The average Bonchev–Trinajstić information content (AvgIpc) is 3.19. The summed E-state index contributed by atoms with van der Waals surface area (Å²) in [4.78, 5) is 59.4. The Kier molecular flexibility index (Phi) is 26.0. The van der Waals surface area contributed by atoms with Gasteiger partial charge in [-0.25, -0.2) is 0 Å². The molecule has 364 valence electrons. The molecule has 0 saturated carbocycles. The van der Waals surface area contributed by atoms with Gasteiger partial charge in [0.15, 0.2) is 0 Å². The Bertz CT molecular complexity index is 1270. The van der Waals surface area contributed by atoms with Gasteiger partial charge >= 0.3 is 0 Å². The van der Waals surface area contributed by atoms with Crippen LogP contribution in [0, 0.1) is 47.3 Å². The number of likely N-dealkylation sites (tertiary alicyclic amines) is 4. The summed E-state index contributed by atoms with van der Waals surface area (Å²) in [5.74, 6) is 7.10. The van der Waals surface area contributed by atoms with Crippen molar-refractivity contribution >= 4 is 23.6 Å². The van der Waals surface area contributed by atoms with Crippen molar-refractivity contribution in [3.63, 3.8) is 0 Å². The van der Waals surface area contributed by atoms with Crippen LogP contribution >= 0.6 is 0 Å². The molecule has 0 aromatic heterocycles. The second-order valence-electron chi connectivity index (χ2n) is 22.4. The molecule has 0 atom stereocenters. The lowest BCUT2D eigenvalue weighted by Crippen LogP contribution is -2.53. The molecule has 0 aliphatic carbocycles. The maximum Gasteiger partial charge on any atom is 0.242 e. The van der Waals surface area contributed by atoms with Gasteiger partial charge in [0.25, 0.3) is 0 Å². The summed E-state index contributed by atoms with van der Waals surface area (Å²) in [5.41, 5.74) is 10.6. The molecule has 62 heavy (non-hydrogen) atoms. The highest BCUT2D eigenvalue weighted by Crippen LogP contribution is 2.28. The summed E-state index contributed by atoms with van der Waals surface area (Å²) >= 11 is 0. The molecule has 4 aliphatic rings. The first-order chi connectivity index (χ1) is 28.6. The molecule has 4 rings (SSSR count). The van der Waals surface area contributed by atoms with Crippen LogP contribution in [0.25, 0.3) is 0 Å². The largest absolute Gasteiger partial charge is 0.343 e. The van der Waals surface area contributed by atoms with Crippen LogP contribution in [0.1, 0.15) is 147 Å². The zero-order valence-electron chi connectivity index (χ0n) is 43.2. The van der Waals surface area contributed by atoms with Crippen molar-refractivity contribution in [2.45, 2.75) is 158 Å². The fourth-order valence-corrected chi connectivity index (χ4v) is 8.97. The van der Waals surface area contributed by atoms with E-state index in [4.69, 9.17) is 11.5 Å². The van der Waals surface area contributed by atoms with Crippen molar-refractivity contribution < 1.29 is 19.2 Å². The van der Waals surface area contributed by atoms with Gasteiger partial charge in [-0.2, -0.15) is 0 Å². The molecule has 4 N–H and O–H groups in total. The van der Waals surface area contributed by atoms with Crippen LogP contribution in [0.2, 0.25) is 0 Å². The molecule has 0 aromatic carbocycles. The van der Waals surface area contributed by atoms with E-state index in [0.717, 1.165) is 132 Å². The van der Waals surface area contributed by atoms with E-state index in [2.05, 4.69) is 60.3 Å². The predicted molar refractivity (Wildman–Crippen MR) is 259 cm³/mol. The second-order valence-corrected chi connectivity index (χ2v) is 22.4.